The van der Waals surface area contributed by atoms with Gasteiger partial charge >= 0.3 is 20.2 Å². The van der Waals surface area contributed by atoms with Gasteiger partial charge in [0.05, 0.1) is 22.3 Å². The Labute approximate surface area is 430 Å². The van der Waals surface area contributed by atoms with E-state index >= 15 is 0 Å². The summed E-state index contributed by atoms with van der Waals surface area (Å²) in [4.78, 5) is 15.6. The van der Waals surface area contributed by atoms with E-state index in [1.54, 1.807) is 6.26 Å². The Bertz CT molecular complexity index is 2700. The fourth-order valence-electron chi connectivity index (χ4n) is 5.04. The van der Waals surface area contributed by atoms with Crippen LogP contribution in [0.25, 0.3) is 33.8 Å². The van der Waals surface area contributed by atoms with Gasteiger partial charge in [-0.1, -0.05) is 93.1 Å². The van der Waals surface area contributed by atoms with Crippen molar-refractivity contribution in [3.05, 3.63) is 69.5 Å². The highest BCUT2D eigenvalue weighted by Crippen LogP contribution is 2.49. The summed E-state index contributed by atoms with van der Waals surface area (Å²) in [5, 5.41) is 8.90. The molecule has 6 aromatic rings. The Balaban J connectivity index is 0.000000320. The first-order valence-corrected chi connectivity index (χ1v) is 24.0. The zero-order valence-electron chi connectivity index (χ0n) is 32.9. The maximum atomic E-state index is 14.7. The van der Waals surface area contributed by atoms with E-state index in [-0.39, 0.29) is 73.6 Å². The second-order valence-corrected chi connectivity index (χ2v) is 20.3. The van der Waals surface area contributed by atoms with Gasteiger partial charge in [0, 0.05) is 47.2 Å². The minimum atomic E-state index is -5.02. The zero-order chi connectivity index (χ0) is 50.9. The van der Waals surface area contributed by atoms with Crippen LogP contribution in [0.2, 0.25) is 10.3 Å². The van der Waals surface area contributed by atoms with Crippen molar-refractivity contribution in [2.75, 3.05) is 22.1 Å². The van der Waals surface area contributed by atoms with E-state index in [9.17, 15) is 61.5 Å². The molecule has 10 nitrogen and oxygen atoms in total. The minimum absolute atomic E-state index is 0. The van der Waals surface area contributed by atoms with E-state index in [2.05, 4.69) is 58.7 Å². The van der Waals surface area contributed by atoms with Crippen molar-refractivity contribution >= 4 is 150 Å². The molecule has 1 N–H and O–H groups in total. The molecule has 4 aromatic heterocycles. The number of hydrogen-bond acceptors (Lipinski definition) is 12. The molecule has 0 fully saturated rings. The van der Waals surface area contributed by atoms with Gasteiger partial charge in [-0.3, -0.25) is 4.31 Å². The molecule has 0 saturated heterocycles. The van der Waals surface area contributed by atoms with Crippen LogP contribution in [0, 0.1) is 34.9 Å². The van der Waals surface area contributed by atoms with Crippen molar-refractivity contribution < 1.29 is 73.9 Å². The van der Waals surface area contributed by atoms with Crippen molar-refractivity contribution in [3.8, 4) is 22.3 Å². The summed E-state index contributed by atoms with van der Waals surface area (Å²) in [6.07, 6.45) is -6.57. The molecule has 0 amide bonds. The molecule has 0 unspecified atom stereocenters. The number of alkyl halides is 12. The van der Waals surface area contributed by atoms with E-state index in [0.717, 1.165) is 35.0 Å². The Kier molecular flexibility index (Phi) is 20.9. The highest BCUT2D eigenvalue weighted by atomic mass is 35.7. The van der Waals surface area contributed by atoms with E-state index in [1.165, 1.54) is 6.26 Å². The summed E-state index contributed by atoms with van der Waals surface area (Å²) in [7, 11) is 4.97. The molecular formula is C32H19Cl8F14N10S4-. The number of anilines is 2. The monoisotopic (exact) mass is 1220 g/mol. The Morgan fingerprint density at radius 2 is 0.985 bits per heavy atom. The second-order valence-electron chi connectivity index (χ2n) is 12.3. The van der Waals surface area contributed by atoms with Gasteiger partial charge in [0.2, 0.25) is 10.3 Å². The smallest absolute Gasteiger partial charge is 0.409 e. The van der Waals surface area contributed by atoms with Gasteiger partial charge in [0.1, 0.15) is 63.1 Å². The second kappa shape index (κ2) is 23.6. The van der Waals surface area contributed by atoms with E-state index in [1.807, 2.05) is 0 Å². The lowest BCUT2D eigenvalue weighted by molar-refractivity contribution is -0.141. The van der Waals surface area contributed by atoms with Gasteiger partial charge in [0.25, 0.3) is 11.6 Å². The molecule has 6 rings (SSSR count). The predicted octanol–water partition coefficient (Wildman–Crippen LogP) is 11.9. The molecule has 2 atom stereocenters. The summed E-state index contributed by atoms with van der Waals surface area (Å²) < 4.78 is 187. The number of nitrogens with one attached hydrogen (secondary N) is 1. The molecule has 36 heteroatoms. The summed E-state index contributed by atoms with van der Waals surface area (Å²) in [5.74, 6) is -10.1. The molecule has 0 aliphatic carbocycles. The van der Waals surface area contributed by atoms with Gasteiger partial charge in [-0.25, -0.2) is 26.3 Å². The molecule has 2 aromatic carbocycles. The minimum Gasteiger partial charge on any atom is -1.00 e. The topological polar surface area (TPSA) is 101 Å². The third-order valence-corrected chi connectivity index (χ3v) is 12.5. The number of aromatic nitrogens is 8. The standard InChI is InChI=1S/C16H9Cl3F7N5S2.C15H10ClF6N5S.CCl3FS.ClH/c1-5(15(23,24)25)31(33-16(18,19)26)12-10(9-7(21)3-6(20)4-8(9)22)11(17)27-13-28-14(32-2)29-30(12)13;1-5(15(20,21)22)23-12-10(9-7(18)3-6(17)4-8(9)19)11(16)24-13-25-14(28-2)26-27(12)13;2-1(3,5)6-4;/h3-5H,1-2H3;3-5,23H,1-2H3;;1H/p-1/t2*5-;;/m00../s1. The van der Waals surface area contributed by atoms with Crippen LogP contribution in [-0.2, 0) is 0 Å². The summed E-state index contributed by atoms with van der Waals surface area (Å²) >= 11 is 33.8. The average molecular weight is 1220 g/mol. The fourth-order valence-corrected chi connectivity index (χ4v) is 7.43. The molecule has 0 aliphatic rings. The Hall–Kier alpha value is -2.12. The number of hydrogen-bond donors (Lipinski definition) is 1. The molecule has 0 aliphatic heterocycles. The lowest BCUT2D eigenvalue weighted by Crippen LogP contribution is -3.00. The largest absolute Gasteiger partial charge is 1.00 e. The number of nitrogens with zero attached hydrogens (tertiary/aromatic N) is 9. The first-order chi connectivity index (χ1) is 30.7. The number of halogens is 22. The predicted molar refractivity (Wildman–Crippen MR) is 235 cm³/mol. The lowest BCUT2D eigenvalue weighted by Gasteiger charge is -2.33. The molecule has 68 heavy (non-hydrogen) atoms. The average Bonchev–Trinajstić information content (AvgIpc) is 3.80. The maximum Gasteiger partial charge on any atom is 0.409 e. The summed E-state index contributed by atoms with van der Waals surface area (Å²) in [6.45, 7) is 1.41. The summed E-state index contributed by atoms with van der Waals surface area (Å²) in [5.41, 5.74) is -3.23. The molecule has 0 saturated carbocycles. The van der Waals surface area contributed by atoms with Gasteiger partial charge in [-0.05, 0) is 37.0 Å². The molecular weight excluding hydrogens is 1200 g/mol. The Morgan fingerprint density at radius 1 is 0.603 bits per heavy atom. The number of fused-ring (bicyclic) bond motifs is 2. The van der Waals surface area contributed by atoms with Gasteiger partial charge in [-0.2, -0.15) is 64.1 Å². The van der Waals surface area contributed by atoms with Crippen molar-refractivity contribution in [3.63, 3.8) is 0 Å². The number of thioether (sulfide) groups is 2. The summed E-state index contributed by atoms with van der Waals surface area (Å²) in [6, 6.07) is -3.37. The van der Waals surface area contributed by atoms with Crippen molar-refractivity contribution in [2.45, 2.75) is 56.4 Å². The quantitative estimate of drug-likeness (QED) is 0.0439. The van der Waals surface area contributed by atoms with E-state index in [4.69, 9.17) is 57.1 Å². The molecule has 0 bridgehead atoms. The fraction of sp³-hybridized carbons (Fsp3) is 0.312. The van der Waals surface area contributed by atoms with Gasteiger partial charge in [0.15, 0.2) is 5.82 Å². The molecule has 376 valence electrons. The van der Waals surface area contributed by atoms with Crippen LogP contribution in [0.4, 0.5) is 73.1 Å². The normalized spacial score (nSPS) is 13.1. The highest BCUT2D eigenvalue weighted by Gasteiger charge is 2.47. The van der Waals surface area contributed by atoms with Gasteiger partial charge < -0.3 is 17.7 Å². The number of benzene rings is 2. The first kappa shape index (κ1) is 60.2. The third-order valence-electron chi connectivity index (χ3n) is 7.87. The van der Waals surface area contributed by atoms with Crippen molar-refractivity contribution in [2.24, 2.45) is 0 Å². The van der Waals surface area contributed by atoms with Crippen LogP contribution >= 0.6 is 127 Å². The highest BCUT2D eigenvalue weighted by molar-refractivity contribution is 8.23. The van der Waals surface area contributed by atoms with E-state index in [0.29, 0.717) is 23.6 Å². The third kappa shape index (κ3) is 15.0. The SMILES string of the molecule is CSc1nc2nc(Cl)c(-c3c(F)cc(F)cc3F)c(N(SC(F)(Cl)Cl)[C@@H](C)C(F)(F)F)n2n1.CSc1nc2nc(Cl)c(-c3c(F)cc(F)cc3F)c(N[C@@H](C)C(F)(F)F)n2n1.FC(Cl)(Cl)SCl.[Cl-]. The van der Waals surface area contributed by atoms with Crippen molar-refractivity contribution in [1.29, 1.82) is 0 Å². The van der Waals surface area contributed by atoms with Crippen LogP contribution in [0.3, 0.4) is 0 Å². The van der Waals surface area contributed by atoms with Crippen LogP contribution < -0.4 is 22.0 Å². The molecule has 4 heterocycles. The number of rotatable bonds is 11. The molecule has 0 spiro atoms. The lowest BCUT2D eigenvalue weighted by atomic mass is 10.1. The zero-order valence-corrected chi connectivity index (χ0v) is 42.3. The van der Waals surface area contributed by atoms with Gasteiger partial charge in [-0.15, -0.1) is 10.2 Å². The van der Waals surface area contributed by atoms with Crippen LogP contribution in [0.15, 0.2) is 34.6 Å². The van der Waals surface area contributed by atoms with Crippen LogP contribution in [0.5, 0.6) is 0 Å². The Morgan fingerprint density at radius 3 is 1.35 bits per heavy atom. The van der Waals surface area contributed by atoms with Crippen LogP contribution in [0.1, 0.15) is 13.8 Å². The van der Waals surface area contributed by atoms with E-state index < -0.39 is 111 Å². The maximum absolute atomic E-state index is 14.7. The van der Waals surface area contributed by atoms with Crippen LogP contribution in [-0.4, -0.2) is 84.0 Å². The van der Waals surface area contributed by atoms with Crippen molar-refractivity contribution in [1.82, 2.24) is 39.2 Å². The first-order valence-electron chi connectivity index (χ1n) is 16.8. The molecule has 0 radical (unpaired) electrons.